The van der Waals surface area contributed by atoms with E-state index in [1.54, 1.807) is 62.1 Å². The molecule has 5 fully saturated rings. The van der Waals surface area contributed by atoms with Crippen LogP contribution in [0.3, 0.4) is 0 Å². The highest BCUT2D eigenvalue weighted by molar-refractivity contribution is 7.89. The standard InChI is InChI=1S/C46H57N7O10S3.C43H54N6O9S/c1-26(2)47-43-49-34(25-65-43)33-20-36(30-15-14-28(61-6)18-32(30)48-33)62-29-19-35-40(54)51-46(42(56)57)21-27(46)12-10-8-7-9-11-13-31(41(55)53(35)22-29)50-44(58)63-39(45(3,4)5)24-52-23-37-38(16-17-64-37)66(52,59)60;1-23(2)37(36(50)25-13-14-25)58-42(55)47-30-12-10-8-6-7-9-11-26-20-43(26,40(53)54)48-38(51)34-18-28(21-49(34)39(30)52)57-35-19-32(33-22-59-41(46-33)44-24(3)4)45-31-17-27(56-5)15-16-29(31)35/h10,12,14-18,20,25-27,29,31,35,39H,7-9,11,13,19,21-24H2,1-6H3,(H,47,49)(H,50,58)(H,51,54)(H,56,57);9,11,15-17,19,22-26,28,30,34,37H,6-8,10,12-14,18,20-21H2,1-5H3,(H,44,46)(H,47,55)(H,48,51)(H,53,54)/b12-10-;11-9-/t27?,29-,31+,35+,39-,46-;26?,28-,30+,34+,37+,43-/m11/s1. The van der Waals surface area contributed by atoms with Crippen LogP contribution in [0.25, 0.3) is 44.6 Å². The molecule has 8 aliphatic rings. The number of aromatic nitrogens is 4. The molecule has 2 saturated heterocycles. The number of benzene rings is 2. The van der Waals surface area contributed by atoms with Crippen LogP contribution >= 0.6 is 34.0 Å². The number of amides is 6. The van der Waals surface area contributed by atoms with E-state index in [9.17, 15) is 61.8 Å². The molecule has 2 unspecified atom stereocenters. The number of allylic oxidation sites excluding steroid dienone is 2. The highest BCUT2D eigenvalue weighted by atomic mass is 32.2. The average molecular weight is 1800 g/mol. The molecule has 5 aromatic heterocycles. The van der Waals surface area contributed by atoms with Crippen LogP contribution in [0.5, 0.6) is 23.0 Å². The minimum absolute atomic E-state index is 0.0152. The van der Waals surface area contributed by atoms with Gasteiger partial charge in [-0.15, -0.1) is 34.0 Å². The van der Waals surface area contributed by atoms with E-state index >= 15 is 0 Å². The Morgan fingerprint density at radius 1 is 0.600 bits per heavy atom. The lowest BCUT2D eigenvalue weighted by Crippen LogP contribution is -2.56. The Morgan fingerprint density at radius 2 is 1.07 bits per heavy atom. The molecule has 7 aromatic rings. The van der Waals surface area contributed by atoms with E-state index in [1.165, 1.54) is 48.1 Å². The zero-order valence-electron chi connectivity index (χ0n) is 72.1. The summed E-state index contributed by atoms with van der Waals surface area (Å²) in [6, 6.07) is 11.8. The van der Waals surface area contributed by atoms with Crippen molar-refractivity contribution in [1.29, 1.82) is 0 Å². The van der Waals surface area contributed by atoms with E-state index in [1.807, 2.05) is 110 Å². The van der Waals surface area contributed by atoms with E-state index in [4.69, 9.17) is 48.4 Å². The van der Waals surface area contributed by atoms with Gasteiger partial charge in [0.1, 0.15) is 87.9 Å². The number of fused-ring (bicyclic) bond motifs is 7. The second-order valence-corrected chi connectivity index (χ2v) is 40.2. The first kappa shape index (κ1) is 90.7. The van der Waals surface area contributed by atoms with Gasteiger partial charge in [0.2, 0.25) is 33.7 Å². The van der Waals surface area contributed by atoms with Crippen molar-refractivity contribution in [2.45, 2.75) is 248 Å². The van der Waals surface area contributed by atoms with Gasteiger partial charge in [-0.3, -0.25) is 24.0 Å². The predicted octanol–water partition coefficient (Wildman–Crippen LogP) is 12.9. The molecule has 12 atom stereocenters. The molecule has 36 heteroatoms. The van der Waals surface area contributed by atoms with Crippen molar-refractivity contribution >= 4 is 130 Å². The van der Waals surface area contributed by atoms with Gasteiger partial charge in [0.15, 0.2) is 22.2 Å². The number of carboxylic acids is 2. The van der Waals surface area contributed by atoms with E-state index in [0.717, 1.165) is 42.4 Å². The third-order valence-electron chi connectivity index (χ3n) is 24.1. The number of thiazole rings is 2. The van der Waals surface area contributed by atoms with Gasteiger partial charge in [-0.05, 0) is 134 Å². The SMILES string of the molecule is COc1ccc2c(O[C@@H]3C[C@H]4C(=O)N[C@]5(C(=O)O)CC5/C=C\CCCCC[C@H](NC(=O)O[C@H](C(=O)C5CC5)C(C)C)C(=O)N4C3)cc(-c3csc(NC(C)C)n3)nc2c1.COc1ccc2c(O[C@@H]3C[C@H]4C(=O)N[C@]5(C(=O)O)CC5/C=C\CCCCC[C@H](NC(=O)O[C@H](CN5Cc6sccc6S5(=O)=O)C(C)(C)C)C(=O)N4C3)cc(-c3csc(NC(C)C)n3)nc2c1. The number of nitrogens with zero attached hydrogens (tertiary/aromatic N) is 7. The summed E-state index contributed by atoms with van der Waals surface area (Å²) in [7, 11) is -0.650. The number of nitrogens with one attached hydrogen (secondary N) is 6. The van der Waals surface area contributed by atoms with Crippen molar-refractivity contribution in [3.8, 4) is 45.8 Å². The number of hydrogen-bond acceptors (Lipinski definition) is 26. The summed E-state index contributed by atoms with van der Waals surface area (Å²) >= 11 is 4.25. The summed E-state index contributed by atoms with van der Waals surface area (Å²) in [6.07, 6.45) is 10.6. The van der Waals surface area contributed by atoms with Crippen LogP contribution < -0.4 is 50.8 Å². The lowest BCUT2D eigenvalue weighted by molar-refractivity contribution is -0.146. The van der Waals surface area contributed by atoms with Crippen LogP contribution in [0.2, 0.25) is 0 Å². The third-order valence-corrected chi connectivity index (χ3v) is 28.5. The van der Waals surface area contributed by atoms with Gasteiger partial charge in [0.05, 0.1) is 61.2 Å². The van der Waals surface area contributed by atoms with Crippen LogP contribution in [-0.4, -0.2) is 212 Å². The number of alkyl carbamates (subject to hydrolysis) is 2. The smallest absolute Gasteiger partial charge is 0.408 e. The van der Waals surface area contributed by atoms with Crippen LogP contribution in [0, 0.1) is 29.1 Å². The van der Waals surface area contributed by atoms with Gasteiger partial charge < -0.3 is 80.3 Å². The number of carbonyl (C=O) groups excluding carboxylic acids is 7. The van der Waals surface area contributed by atoms with Gasteiger partial charge in [-0.1, -0.05) is 84.6 Å². The van der Waals surface area contributed by atoms with Gasteiger partial charge in [0, 0.05) is 105 Å². The number of ketones is 1. The second-order valence-electron chi connectivity index (χ2n) is 35.6. The van der Waals surface area contributed by atoms with Crippen molar-refractivity contribution in [3.63, 3.8) is 0 Å². The number of sulfonamides is 1. The lowest BCUT2D eigenvalue weighted by atomic mass is 9.89. The summed E-state index contributed by atoms with van der Waals surface area (Å²) in [6.45, 7) is 17.2. The molecule has 10 heterocycles. The highest BCUT2D eigenvalue weighted by Crippen LogP contribution is 2.48. The quantitative estimate of drug-likeness (QED) is 0.0276. The molecule has 0 spiro atoms. The minimum atomic E-state index is -3.78. The van der Waals surface area contributed by atoms with E-state index < -0.39 is 129 Å². The van der Waals surface area contributed by atoms with Gasteiger partial charge in [-0.25, -0.2) is 47.5 Å². The number of hydrogen-bond donors (Lipinski definition) is 8. The molecule has 2 aromatic carbocycles. The zero-order chi connectivity index (χ0) is 89.1. The Bertz CT molecular complexity index is 5410. The van der Waals surface area contributed by atoms with Gasteiger partial charge in [0.25, 0.3) is 0 Å². The molecule has 32 nitrogen and oxygen atoms in total. The molecule has 15 rings (SSSR count). The lowest BCUT2D eigenvalue weighted by Gasteiger charge is -2.34. The monoisotopic (exact) mass is 1790 g/mol. The molecule has 8 N–H and O–H groups in total. The molecule has 3 saturated carbocycles. The number of methoxy groups -OCH3 is 2. The zero-order valence-corrected chi connectivity index (χ0v) is 75.3. The Morgan fingerprint density at radius 3 is 1.50 bits per heavy atom. The Labute approximate surface area is 738 Å². The molecule has 0 radical (unpaired) electrons. The van der Waals surface area contributed by atoms with Crippen molar-refractivity contribution in [2.75, 3.05) is 44.5 Å². The Hall–Kier alpha value is -10.6. The Balaban J connectivity index is 0.000000204. The summed E-state index contributed by atoms with van der Waals surface area (Å²) in [5.41, 5.74) is -0.218. The summed E-state index contributed by atoms with van der Waals surface area (Å²) in [5, 5.41) is 46.8. The van der Waals surface area contributed by atoms with Crippen LogP contribution in [0.4, 0.5) is 19.9 Å². The van der Waals surface area contributed by atoms with E-state index in [-0.39, 0.29) is 105 Å². The van der Waals surface area contributed by atoms with Crippen LogP contribution in [0.1, 0.15) is 170 Å². The summed E-state index contributed by atoms with van der Waals surface area (Å²) in [4.78, 5) is 147. The fourth-order valence-corrected chi connectivity index (χ4v) is 21.4. The maximum Gasteiger partial charge on any atom is 0.408 e. The minimum Gasteiger partial charge on any atom is -0.497 e. The Kier molecular flexibility index (Phi) is 27.5. The molecular weight excluding hydrogens is 1680 g/mol. The fraction of sp³-hybridized carbons (Fsp3) is 0.539. The topological polar surface area (TPSA) is 417 Å². The molecule has 3 aliphatic carbocycles. The van der Waals surface area contributed by atoms with E-state index in [2.05, 4.69) is 31.9 Å². The number of Topliss-reactive ketones (excluding diaryl/α,β-unsaturated/α-hetero) is 1. The van der Waals surface area contributed by atoms with Crippen molar-refractivity contribution in [3.05, 3.63) is 99.9 Å². The highest BCUT2D eigenvalue weighted by Gasteiger charge is 2.63. The first-order valence-electron chi connectivity index (χ1n) is 43.0. The average Bonchev–Trinajstić information content (AvgIpc) is 1.58. The normalized spacial score (nSPS) is 25.6. The van der Waals surface area contributed by atoms with E-state index in [0.29, 0.717) is 105 Å². The maximum absolute atomic E-state index is 15.0. The first-order valence-corrected chi connectivity index (χ1v) is 47.1. The largest absolute Gasteiger partial charge is 0.497 e. The molecule has 670 valence electrons. The number of carbonyl (C=O) groups is 9. The summed E-state index contributed by atoms with van der Waals surface area (Å²) < 4.78 is 64.3. The number of anilines is 2. The van der Waals surface area contributed by atoms with Crippen LogP contribution in [-0.2, 0) is 59.6 Å². The number of rotatable bonds is 23. The van der Waals surface area contributed by atoms with Crippen molar-refractivity contribution < 1.29 is 90.2 Å². The number of pyridine rings is 2. The van der Waals surface area contributed by atoms with Gasteiger partial charge in [-0.2, -0.15) is 4.31 Å². The van der Waals surface area contributed by atoms with Crippen molar-refractivity contribution in [2.24, 2.45) is 29.1 Å². The third kappa shape index (κ3) is 20.8. The maximum atomic E-state index is 15.0. The fourth-order valence-electron chi connectivity index (χ4n) is 16.7. The number of carboxylic acid groups (broad SMARTS) is 2. The number of thiophene rings is 1. The van der Waals surface area contributed by atoms with Crippen LogP contribution in [0.15, 0.2) is 99.9 Å². The predicted molar refractivity (Wildman–Crippen MR) is 471 cm³/mol. The molecule has 5 aliphatic heterocycles. The number of aliphatic carboxylic acids is 2. The van der Waals surface area contributed by atoms with Crippen molar-refractivity contribution in [1.82, 2.24) is 55.3 Å². The molecule has 125 heavy (non-hydrogen) atoms. The molecule has 0 bridgehead atoms. The molecular formula is C89H111N13O19S4. The molecule has 6 amide bonds. The summed E-state index contributed by atoms with van der Waals surface area (Å²) in [5.74, 6) is -3.89. The number of ether oxygens (including phenoxy) is 6. The van der Waals surface area contributed by atoms with Gasteiger partial charge >= 0.3 is 24.1 Å². The second kappa shape index (κ2) is 37.9. The first-order chi connectivity index (χ1) is 59.6.